The third kappa shape index (κ3) is 5.60. The molecule has 0 aromatic heterocycles. The molecule has 2 amide bonds. The fourth-order valence-electron chi connectivity index (χ4n) is 3.33. The molecular formula is C27H26N4O. The quantitative estimate of drug-likeness (QED) is 0.367. The molecule has 0 aliphatic carbocycles. The van der Waals surface area contributed by atoms with Crippen molar-refractivity contribution in [1.29, 1.82) is 0 Å². The van der Waals surface area contributed by atoms with Crippen molar-refractivity contribution < 1.29 is 4.79 Å². The largest absolute Gasteiger partial charge is 0.358 e. The Morgan fingerprint density at radius 3 is 1.16 bits per heavy atom. The molecule has 2 N–H and O–H groups in total. The zero-order valence-corrected chi connectivity index (χ0v) is 17.8. The molecule has 0 fully saturated rings. The Morgan fingerprint density at radius 1 is 0.500 bits per heavy atom. The summed E-state index contributed by atoms with van der Waals surface area (Å²) in [6.45, 7) is 1.03. The molecular weight excluding hydrogens is 396 g/mol. The summed E-state index contributed by atoms with van der Waals surface area (Å²) in [5, 5.41) is 3.16. The number of benzene rings is 4. The number of para-hydroxylation sites is 2. The number of carbonyl (C=O) groups excluding carboxylic acids is 1. The molecule has 4 aromatic carbocycles. The predicted molar refractivity (Wildman–Crippen MR) is 130 cm³/mol. The Labute approximate surface area is 188 Å². The highest BCUT2D eigenvalue weighted by Gasteiger charge is 2.24. The minimum atomic E-state index is -0.228. The third-order valence-electron chi connectivity index (χ3n) is 4.98. The highest BCUT2D eigenvalue weighted by atomic mass is 16.2. The molecule has 4 rings (SSSR count). The number of nitrogens with zero attached hydrogens (tertiary/aromatic N) is 2. The van der Waals surface area contributed by atoms with Crippen LogP contribution in [0.1, 0.15) is 11.1 Å². The molecule has 5 heteroatoms. The summed E-state index contributed by atoms with van der Waals surface area (Å²) < 4.78 is 0. The van der Waals surface area contributed by atoms with Crippen LogP contribution in [0.25, 0.3) is 0 Å². The van der Waals surface area contributed by atoms with Crippen molar-refractivity contribution in [1.82, 2.24) is 10.9 Å². The molecule has 0 aliphatic heterocycles. The lowest BCUT2D eigenvalue weighted by atomic mass is 10.2. The van der Waals surface area contributed by atoms with Crippen LogP contribution >= 0.6 is 0 Å². The van der Waals surface area contributed by atoms with Gasteiger partial charge in [-0.3, -0.25) is 0 Å². The number of hydrogen-bond acceptors (Lipinski definition) is 3. The van der Waals surface area contributed by atoms with Crippen LogP contribution in [-0.2, 0) is 13.1 Å². The van der Waals surface area contributed by atoms with Gasteiger partial charge < -0.3 is 0 Å². The smallest absolute Gasteiger partial charge is 0.245 e. The van der Waals surface area contributed by atoms with Crippen molar-refractivity contribution in [3.63, 3.8) is 0 Å². The Kier molecular flexibility index (Phi) is 7.26. The van der Waals surface area contributed by atoms with E-state index in [4.69, 9.17) is 0 Å². The van der Waals surface area contributed by atoms with Crippen LogP contribution in [0.15, 0.2) is 121 Å². The molecule has 0 spiro atoms. The van der Waals surface area contributed by atoms with Crippen LogP contribution < -0.4 is 20.9 Å². The van der Waals surface area contributed by atoms with E-state index in [0.29, 0.717) is 13.1 Å². The zero-order chi connectivity index (χ0) is 22.0. The summed E-state index contributed by atoms with van der Waals surface area (Å²) in [7, 11) is 0. The Balaban J connectivity index is 1.60. The van der Waals surface area contributed by atoms with E-state index in [9.17, 15) is 4.79 Å². The first kappa shape index (κ1) is 21.3. The number of carbonyl (C=O) groups is 1. The van der Waals surface area contributed by atoms with Gasteiger partial charge in [0.2, 0.25) is 0 Å². The first-order valence-corrected chi connectivity index (χ1v) is 10.6. The molecule has 160 valence electrons. The Bertz CT molecular complexity index is 1000. The molecule has 0 atom stereocenters. The summed E-state index contributed by atoms with van der Waals surface area (Å²) in [6, 6.07) is 39.0. The van der Waals surface area contributed by atoms with E-state index in [0.717, 1.165) is 22.5 Å². The molecule has 32 heavy (non-hydrogen) atoms. The summed E-state index contributed by atoms with van der Waals surface area (Å²) >= 11 is 0. The first-order chi connectivity index (χ1) is 15.8. The highest BCUT2D eigenvalue weighted by Crippen LogP contribution is 2.19. The van der Waals surface area contributed by atoms with Crippen molar-refractivity contribution in [3.05, 3.63) is 132 Å². The lowest BCUT2D eigenvalue weighted by molar-refractivity contribution is 0.246. The monoisotopic (exact) mass is 422 g/mol. The molecule has 0 bridgehead atoms. The summed E-state index contributed by atoms with van der Waals surface area (Å²) in [5.74, 6) is 0. The van der Waals surface area contributed by atoms with Crippen molar-refractivity contribution in [2.45, 2.75) is 13.1 Å². The van der Waals surface area contributed by atoms with E-state index in [1.54, 1.807) is 10.0 Å². The van der Waals surface area contributed by atoms with Gasteiger partial charge in [-0.1, -0.05) is 97.1 Å². The van der Waals surface area contributed by atoms with Gasteiger partial charge in [-0.05, 0) is 35.4 Å². The van der Waals surface area contributed by atoms with Crippen LogP contribution in [-0.4, -0.2) is 6.03 Å². The summed E-state index contributed by atoms with van der Waals surface area (Å²) in [4.78, 5) is 13.8. The molecule has 5 nitrogen and oxygen atoms in total. The van der Waals surface area contributed by atoms with E-state index in [1.807, 2.05) is 121 Å². The average molecular weight is 423 g/mol. The third-order valence-corrected chi connectivity index (χ3v) is 4.98. The number of nitrogens with one attached hydrogen (secondary N) is 2. The van der Waals surface area contributed by atoms with Crippen LogP contribution in [0.4, 0.5) is 16.2 Å². The minimum absolute atomic E-state index is 0.228. The van der Waals surface area contributed by atoms with Gasteiger partial charge in [0.15, 0.2) is 0 Å². The number of rotatable bonds is 8. The number of urea groups is 1. The second-order valence-electron chi connectivity index (χ2n) is 7.27. The van der Waals surface area contributed by atoms with Crippen LogP contribution in [0.2, 0.25) is 0 Å². The van der Waals surface area contributed by atoms with Gasteiger partial charge in [-0.25, -0.2) is 25.7 Å². The second kappa shape index (κ2) is 10.9. The Hall–Kier alpha value is -3.93. The van der Waals surface area contributed by atoms with Crippen molar-refractivity contribution in [3.8, 4) is 0 Å². The van der Waals surface area contributed by atoms with E-state index >= 15 is 0 Å². The summed E-state index contributed by atoms with van der Waals surface area (Å²) in [5.41, 5.74) is 10.3. The molecule has 0 heterocycles. The molecule has 0 aliphatic rings. The maximum absolute atomic E-state index is 13.8. The molecule has 0 saturated carbocycles. The lowest BCUT2D eigenvalue weighted by Crippen LogP contribution is -2.55. The molecule has 0 unspecified atom stereocenters. The van der Waals surface area contributed by atoms with Crippen LogP contribution in [0, 0.1) is 0 Å². The van der Waals surface area contributed by atoms with Gasteiger partial charge in [0, 0.05) is 13.1 Å². The van der Waals surface area contributed by atoms with Gasteiger partial charge >= 0.3 is 6.03 Å². The molecule has 4 aromatic rings. The van der Waals surface area contributed by atoms with E-state index in [-0.39, 0.29) is 6.03 Å². The van der Waals surface area contributed by atoms with Gasteiger partial charge in [-0.15, -0.1) is 0 Å². The van der Waals surface area contributed by atoms with Crippen LogP contribution in [0.3, 0.4) is 0 Å². The maximum atomic E-state index is 13.8. The van der Waals surface area contributed by atoms with Gasteiger partial charge in [0.1, 0.15) is 0 Å². The zero-order valence-electron chi connectivity index (χ0n) is 17.8. The number of anilines is 2. The molecule has 0 saturated heterocycles. The van der Waals surface area contributed by atoms with Crippen LogP contribution in [0.5, 0.6) is 0 Å². The fraction of sp³-hybridized carbons (Fsp3) is 0.0741. The van der Waals surface area contributed by atoms with Gasteiger partial charge in [0.05, 0.1) is 11.4 Å². The predicted octanol–water partition coefficient (Wildman–Crippen LogP) is 5.53. The number of hydrazine groups is 2. The average Bonchev–Trinajstić information content (AvgIpc) is 2.87. The SMILES string of the molecule is O=C(N(NCc1ccccc1)c1ccccc1)N(NCc1ccccc1)c1ccccc1. The van der Waals surface area contributed by atoms with Gasteiger partial charge in [-0.2, -0.15) is 0 Å². The van der Waals surface area contributed by atoms with Gasteiger partial charge in [0.25, 0.3) is 0 Å². The standard InChI is InChI=1S/C27H26N4O/c32-27(30(25-17-9-3-10-18-25)28-21-23-13-5-1-6-14-23)31(26-19-11-4-12-20-26)29-22-24-15-7-2-8-16-24/h1-20,28-29H,21-22H2. The maximum Gasteiger partial charge on any atom is 0.358 e. The number of hydrogen-bond donors (Lipinski definition) is 2. The van der Waals surface area contributed by atoms with E-state index in [2.05, 4.69) is 10.9 Å². The van der Waals surface area contributed by atoms with E-state index < -0.39 is 0 Å². The number of amides is 2. The highest BCUT2D eigenvalue weighted by molar-refractivity contribution is 6.02. The van der Waals surface area contributed by atoms with Crippen molar-refractivity contribution >= 4 is 17.4 Å². The van der Waals surface area contributed by atoms with Crippen molar-refractivity contribution in [2.24, 2.45) is 0 Å². The lowest BCUT2D eigenvalue weighted by Gasteiger charge is -2.31. The topological polar surface area (TPSA) is 47.6 Å². The summed E-state index contributed by atoms with van der Waals surface area (Å²) in [6.07, 6.45) is 0. The second-order valence-corrected chi connectivity index (χ2v) is 7.27. The van der Waals surface area contributed by atoms with E-state index in [1.165, 1.54) is 0 Å². The first-order valence-electron chi connectivity index (χ1n) is 10.6. The minimum Gasteiger partial charge on any atom is -0.245 e. The van der Waals surface area contributed by atoms with Crippen molar-refractivity contribution in [2.75, 3.05) is 10.0 Å². The Morgan fingerprint density at radius 2 is 0.812 bits per heavy atom. The molecule has 0 radical (unpaired) electrons. The fourth-order valence-corrected chi connectivity index (χ4v) is 3.33. The normalized spacial score (nSPS) is 10.5.